The topological polar surface area (TPSA) is 59.6 Å². The molecule has 1 aliphatic heterocycles. The fourth-order valence-electron chi connectivity index (χ4n) is 2.77. The number of hydrazine groups is 1. The van der Waals surface area contributed by atoms with E-state index in [1.54, 1.807) is 0 Å². The second-order valence-electron chi connectivity index (χ2n) is 5.19. The molecule has 0 bridgehead atoms. The molecular formula is C13H25N3O. The summed E-state index contributed by atoms with van der Waals surface area (Å²) in [5.74, 6) is 6.52. The van der Waals surface area contributed by atoms with Crippen LogP contribution in [0.5, 0.6) is 0 Å². The molecule has 1 saturated heterocycles. The lowest BCUT2D eigenvalue weighted by molar-refractivity contribution is 0.106. The van der Waals surface area contributed by atoms with Crippen molar-refractivity contribution in [2.75, 3.05) is 6.61 Å². The normalized spacial score (nSPS) is 27.4. The van der Waals surface area contributed by atoms with Gasteiger partial charge in [-0.25, -0.2) is 5.84 Å². The average Bonchev–Trinajstić information content (AvgIpc) is 2.89. The molecule has 0 spiro atoms. The van der Waals surface area contributed by atoms with Crippen molar-refractivity contribution in [1.29, 1.82) is 0 Å². The summed E-state index contributed by atoms with van der Waals surface area (Å²) in [4.78, 5) is 4.74. The van der Waals surface area contributed by atoms with Crippen LogP contribution in [0.1, 0.15) is 57.8 Å². The molecule has 98 valence electrons. The maximum Gasteiger partial charge on any atom is 0.111 e. The lowest BCUT2D eigenvalue weighted by Gasteiger charge is -2.19. The van der Waals surface area contributed by atoms with Crippen LogP contribution >= 0.6 is 0 Å². The molecule has 1 heterocycles. The van der Waals surface area contributed by atoms with Crippen molar-refractivity contribution in [3.8, 4) is 0 Å². The van der Waals surface area contributed by atoms with Crippen molar-refractivity contribution in [2.24, 2.45) is 10.8 Å². The van der Waals surface area contributed by atoms with Crippen LogP contribution in [0, 0.1) is 0 Å². The second kappa shape index (κ2) is 6.97. The largest absolute Gasteiger partial charge is 0.378 e. The highest BCUT2D eigenvalue weighted by Gasteiger charge is 2.17. The molecule has 1 atom stereocenters. The van der Waals surface area contributed by atoms with Gasteiger partial charge in [0.2, 0.25) is 0 Å². The first-order valence-corrected chi connectivity index (χ1v) is 7.03. The van der Waals surface area contributed by atoms with E-state index in [4.69, 9.17) is 15.6 Å². The van der Waals surface area contributed by atoms with Crippen LogP contribution in [0.4, 0.5) is 0 Å². The Morgan fingerprint density at radius 1 is 1.18 bits per heavy atom. The van der Waals surface area contributed by atoms with Gasteiger partial charge >= 0.3 is 0 Å². The third-order valence-corrected chi connectivity index (χ3v) is 3.81. The number of nitrogens with two attached hydrogens (primary N) is 1. The molecule has 0 aromatic rings. The molecule has 0 radical (unpaired) electrons. The fourth-order valence-corrected chi connectivity index (χ4v) is 2.77. The van der Waals surface area contributed by atoms with Gasteiger partial charge in [-0.3, -0.25) is 4.99 Å². The van der Waals surface area contributed by atoms with Crippen molar-refractivity contribution < 1.29 is 4.74 Å². The van der Waals surface area contributed by atoms with Gasteiger partial charge < -0.3 is 10.2 Å². The van der Waals surface area contributed by atoms with E-state index in [1.165, 1.54) is 44.9 Å². The Labute approximate surface area is 104 Å². The number of nitrogens with one attached hydrogen (secondary N) is 1. The molecule has 2 fully saturated rings. The molecule has 2 aliphatic rings. The highest BCUT2D eigenvalue weighted by Crippen LogP contribution is 2.21. The van der Waals surface area contributed by atoms with E-state index in [0.29, 0.717) is 12.1 Å². The zero-order valence-corrected chi connectivity index (χ0v) is 10.7. The van der Waals surface area contributed by atoms with E-state index in [-0.39, 0.29) is 0 Å². The number of nitrogens with zero attached hydrogens (tertiary/aromatic N) is 1. The van der Waals surface area contributed by atoms with Gasteiger partial charge in [0.05, 0.1) is 12.1 Å². The molecule has 1 aliphatic carbocycles. The second-order valence-corrected chi connectivity index (χ2v) is 5.19. The van der Waals surface area contributed by atoms with Gasteiger partial charge in [0.1, 0.15) is 5.84 Å². The predicted molar refractivity (Wildman–Crippen MR) is 69.8 cm³/mol. The molecule has 1 unspecified atom stereocenters. The summed E-state index contributed by atoms with van der Waals surface area (Å²) >= 11 is 0. The molecule has 17 heavy (non-hydrogen) atoms. The van der Waals surface area contributed by atoms with Gasteiger partial charge in [-0.15, -0.1) is 0 Å². The smallest absolute Gasteiger partial charge is 0.111 e. The fraction of sp³-hybridized carbons (Fsp3) is 0.923. The monoisotopic (exact) mass is 239 g/mol. The first kappa shape index (κ1) is 12.8. The standard InChI is InChI=1S/C13H25N3O/c14-16-13(9-8-12-7-4-10-17-12)15-11-5-2-1-3-6-11/h11-12H,1-10,14H2,(H,15,16). The van der Waals surface area contributed by atoms with E-state index in [1.807, 2.05) is 0 Å². The zero-order chi connectivity index (χ0) is 11.9. The SMILES string of the molecule is NNC(CCC1CCCO1)=NC1CCCCC1. The van der Waals surface area contributed by atoms with Crippen molar-refractivity contribution in [3.63, 3.8) is 0 Å². The molecule has 1 saturated carbocycles. The van der Waals surface area contributed by atoms with E-state index >= 15 is 0 Å². The lowest BCUT2D eigenvalue weighted by Crippen LogP contribution is -2.32. The lowest BCUT2D eigenvalue weighted by atomic mass is 9.96. The van der Waals surface area contributed by atoms with Gasteiger partial charge in [-0.2, -0.15) is 0 Å². The summed E-state index contributed by atoms with van der Waals surface area (Å²) in [7, 11) is 0. The van der Waals surface area contributed by atoms with Crippen LogP contribution in [-0.4, -0.2) is 24.6 Å². The number of ether oxygens (including phenoxy) is 1. The third-order valence-electron chi connectivity index (χ3n) is 3.81. The van der Waals surface area contributed by atoms with E-state index in [9.17, 15) is 0 Å². The van der Waals surface area contributed by atoms with E-state index < -0.39 is 0 Å². The molecule has 3 N–H and O–H groups in total. The Balaban J connectivity index is 1.75. The number of hydrogen-bond acceptors (Lipinski definition) is 3. The zero-order valence-electron chi connectivity index (χ0n) is 10.7. The summed E-state index contributed by atoms with van der Waals surface area (Å²) in [5.41, 5.74) is 2.77. The Morgan fingerprint density at radius 3 is 2.65 bits per heavy atom. The molecule has 2 rings (SSSR count). The number of amidine groups is 1. The number of hydrogen-bond donors (Lipinski definition) is 2. The quantitative estimate of drug-likeness (QED) is 0.342. The van der Waals surface area contributed by atoms with E-state index in [2.05, 4.69) is 5.43 Å². The van der Waals surface area contributed by atoms with Crippen molar-refractivity contribution in [3.05, 3.63) is 0 Å². The molecular weight excluding hydrogens is 214 g/mol. The first-order chi connectivity index (χ1) is 8.38. The minimum atomic E-state index is 0.430. The third kappa shape index (κ3) is 4.28. The van der Waals surface area contributed by atoms with Crippen LogP contribution < -0.4 is 11.3 Å². The predicted octanol–water partition coefficient (Wildman–Crippen LogP) is 2.14. The Kier molecular flexibility index (Phi) is 5.26. The van der Waals surface area contributed by atoms with Crippen LogP contribution in [-0.2, 0) is 4.74 Å². The molecule has 0 aromatic carbocycles. The van der Waals surface area contributed by atoms with Crippen molar-refractivity contribution in [2.45, 2.75) is 69.9 Å². The van der Waals surface area contributed by atoms with Gasteiger partial charge in [-0.05, 0) is 32.1 Å². The summed E-state index contributed by atoms with van der Waals surface area (Å²) in [6.07, 6.45) is 11.3. The maximum absolute atomic E-state index is 5.61. The Morgan fingerprint density at radius 2 is 2.00 bits per heavy atom. The van der Waals surface area contributed by atoms with Crippen molar-refractivity contribution in [1.82, 2.24) is 5.43 Å². The molecule has 0 amide bonds. The average molecular weight is 239 g/mol. The summed E-state index contributed by atoms with van der Waals surface area (Å²) in [6.45, 7) is 0.926. The van der Waals surface area contributed by atoms with Gasteiger partial charge in [0, 0.05) is 13.0 Å². The molecule has 4 heteroatoms. The first-order valence-electron chi connectivity index (χ1n) is 7.03. The van der Waals surface area contributed by atoms with Gasteiger partial charge in [-0.1, -0.05) is 19.3 Å². The summed E-state index contributed by atoms with van der Waals surface area (Å²) in [5, 5.41) is 0. The van der Waals surface area contributed by atoms with Crippen molar-refractivity contribution >= 4 is 5.84 Å². The molecule has 4 nitrogen and oxygen atoms in total. The highest BCUT2D eigenvalue weighted by molar-refractivity contribution is 5.81. The summed E-state index contributed by atoms with van der Waals surface area (Å²) in [6, 6.07) is 0.499. The van der Waals surface area contributed by atoms with Crippen LogP contribution in [0.15, 0.2) is 4.99 Å². The van der Waals surface area contributed by atoms with Crippen LogP contribution in [0.3, 0.4) is 0 Å². The maximum atomic E-state index is 5.61. The van der Waals surface area contributed by atoms with Crippen LogP contribution in [0.25, 0.3) is 0 Å². The van der Waals surface area contributed by atoms with Gasteiger partial charge in [0.25, 0.3) is 0 Å². The molecule has 0 aromatic heterocycles. The Bertz CT molecular complexity index is 243. The van der Waals surface area contributed by atoms with Crippen LogP contribution in [0.2, 0.25) is 0 Å². The summed E-state index contributed by atoms with van der Waals surface area (Å²) < 4.78 is 5.61. The number of rotatable bonds is 4. The van der Waals surface area contributed by atoms with Gasteiger partial charge in [0.15, 0.2) is 0 Å². The van der Waals surface area contributed by atoms with E-state index in [0.717, 1.165) is 25.3 Å². The minimum absolute atomic E-state index is 0.430. The highest BCUT2D eigenvalue weighted by atomic mass is 16.5. The number of aliphatic imine (C=N–C) groups is 1. The minimum Gasteiger partial charge on any atom is -0.378 e. The Hall–Kier alpha value is -0.610.